The molecule has 0 saturated carbocycles. The van der Waals surface area contributed by atoms with Gasteiger partial charge in [0.25, 0.3) is 0 Å². The maximum atomic E-state index is 5.25. The van der Waals surface area contributed by atoms with Gasteiger partial charge in [0, 0.05) is 12.5 Å². The van der Waals surface area contributed by atoms with Gasteiger partial charge in [-0.3, -0.25) is 0 Å². The summed E-state index contributed by atoms with van der Waals surface area (Å²) >= 11 is 0. The van der Waals surface area contributed by atoms with Gasteiger partial charge in [0.05, 0.1) is 6.61 Å². The van der Waals surface area contributed by atoms with E-state index in [0.29, 0.717) is 11.8 Å². The summed E-state index contributed by atoms with van der Waals surface area (Å²) in [5, 5.41) is 3.10. The van der Waals surface area contributed by atoms with Crippen LogP contribution >= 0.6 is 0 Å². The lowest BCUT2D eigenvalue weighted by molar-refractivity contribution is 0.0894. The van der Waals surface area contributed by atoms with Crippen LogP contribution in [0.3, 0.4) is 0 Å². The molecule has 1 unspecified atom stereocenters. The molecule has 1 fully saturated rings. The van der Waals surface area contributed by atoms with Crippen molar-refractivity contribution in [1.29, 1.82) is 0 Å². The van der Waals surface area contributed by atoms with Crippen molar-refractivity contribution in [3.05, 3.63) is 12.5 Å². The van der Waals surface area contributed by atoms with Gasteiger partial charge in [0.2, 0.25) is 0 Å². The van der Waals surface area contributed by atoms with Crippen molar-refractivity contribution in [2.75, 3.05) is 13.2 Å². The van der Waals surface area contributed by atoms with Gasteiger partial charge in [-0.15, -0.1) is 0 Å². The Morgan fingerprint density at radius 2 is 2.40 bits per heavy atom. The number of ether oxygens (including phenoxy) is 1. The van der Waals surface area contributed by atoms with Crippen molar-refractivity contribution in [2.24, 2.45) is 11.8 Å². The van der Waals surface area contributed by atoms with Crippen LogP contribution in [-0.4, -0.2) is 13.2 Å². The third kappa shape index (κ3) is 1.66. The highest BCUT2D eigenvalue weighted by atomic mass is 16.5. The Morgan fingerprint density at radius 3 is 2.80 bits per heavy atom. The van der Waals surface area contributed by atoms with Crippen LogP contribution in [0.5, 0.6) is 0 Å². The van der Waals surface area contributed by atoms with E-state index < -0.39 is 0 Å². The second kappa shape index (κ2) is 2.95. The SMILES string of the molecule is C=C1NCC(C(C)C)CO1. The quantitative estimate of drug-likeness (QED) is 0.595. The fraction of sp³-hybridized carbons (Fsp3) is 0.750. The Kier molecular flexibility index (Phi) is 2.20. The van der Waals surface area contributed by atoms with Crippen LogP contribution in [-0.2, 0) is 4.74 Å². The number of hydrogen-bond acceptors (Lipinski definition) is 2. The van der Waals surface area contributed by atoms with E-state index in [9.17, 15) is 0 Å². The minimum Gasteiger partial charge on any atom is -0.479 e. The van der Waals surface area contributed by atoms with Gasteiger partial charge in [-0.25, -0.2) is 0 Å². The van der Waals surface area contributed by atoms with E-state index in [-0.39, 0.29) is 0 Å². The minimum absolute atomic E-state index is 0.644. The van der Waals surface area contributed by atoms with Crippen molar-refractivity contribution in [2.45, 2.75) is 13.8 Å². The molecule has 2 nitrogen and oxygen atoms in total. The average Bonchev–Trinajstić information content (AvgIpc) is 1.88. The van der Waals surface area contributed by atoms with E-state index in [1.807, 2.05) is 0 Å². The van der Waals surface area contributed by atoms with Gasteiger partial charge in [-0.1, -0.05) is 13.8 Å². The molecule has 0 aliphatic carbocycles. The first-order valence-electron chi connectivity index (χ1n) is 3.75. The second-order valence-corrected chi connectivity index (χ2v) is 3.12. The molecule has 1 rings (SSSR count). The molecule has 1 N–H and O–H groups in total. The van der Waals surface area contributed by atoms with Crippen LogP contribution in [0.25, 0.3) is 0 Å². The molecule has 0 aromatic carbocycles. The van der Waals surface area contributed by atoms with Crippen molar-refractivity contribution in [3.63, 3.8) is 0 Å². The molecule has 0 spiro atoms. The molecule has 2 heteroatoms. The van der Waals surface area contributed by atoms with Crippen molar-refractivity contribution >= 4 is 0 Å². The summed E-state index contributed by atoms with van der Waals surface area (Å²) in [6.45, 7) is 9.93. The fourth-order valence-electron chi connectivity index (χ4n) is 0.991. The highest BCUT2D eigenvalue weighted by molar-refractivity contribution is 4.85. The topological polar surface area (TPSA) is 21.3 Å². The predicted molar refractivity (Wildman–Crippen MR) is 41.4 cm³/mol. The second-order valence-electron chi connectivity index (χ2n) is 3.12. The van der Waals surface area contributed by atoms with Gasteiger partial charge in [0.15, 0.2) is 5.88 Å². The maximum absolute atomic E-state index is 5.25. The largest absolute Gasteiger partial charge is 0.479 e. The van der Waals surface area contributed by atoms with Crippen LogP contribution < -0.4 is 5.32 Å². The van der Waals surface area contributed by atoms with E-state index in [1.165, 1.54) is 0 Å². The van der Waals surface area contributed by atoms with Crippen molar-refractivity contribution in [1.82, 2.24) is 5.32 Å². The Hall–Kier alpha value is -0.660. The van der Waals surface area contributed by atoms with Crippen molar-refractivity contribution < 1.29 is 4.74 Å². The number of nitrogens with one attached hydrogen (secondary N) is 1. The molecule has 1 aliphatic heterocycles. The van der Waals surface area contributed by atoms with Crippen LogP contribution in [0.2, 0.25) is 0 Å². The average molecular weight is 141 g/mol. The summed E-state index contributed by atoms with van der Waals surface area (Å²) in [6.07, 6.45) is 0. The summed E-state index contributed by atoms with van der Waals surface area (Å²) in [5.74, 6) is 2.06. The molecular weight excluding hydrogens is 126 g/mol. The molecule has 1 atom stereocenters. The lowest BCUT2D eigenvalue weighted by atomic mass is 9.96. The lowest BCUT2D eigenvalue weighted by Gasteiger charge is -2.28. The fourth-order valence-corrected chi connectivity index (χ4v) is 0.991. The Labute approximate surface area is 62.3 Å². The van der Waals surface area contributed by atoms with Gasteiger partial charge < -0.3 is 10.1 Å². The Bertz CT molecular complexity index is 121. The van der Waals surface area contributed by atoms with E-state index in [0.717, 1.165) is 19.0 Å². The van der Waals surface area contributed by atoms with E-state index in [1.54, 1.807) is 0 Å². The lowest BCUT2D eigenvalue weighted by Crippen LogP contribution is -2.35. The molecule has 1 saturated heterocycles. The molecule has 10 heavy (non-hydrogen) atoms. The van der Waals surface area contributed by atoms with E-state index in [2.05, 4.69) is 25.7 Å². The zero-order valence-electron chi connectivity index (χ0n) is 6.68. The minimum atomic E-state index is 0.644. The third-order valence-electron chi connectivity index (χ3n) is 1.98. The summed E-state index contributed by atoms with van der Waals surface area (Å²) < 4.78 is 5.25. The molecule has 0 aromatic heterocycles. The molecule has 0 aromatic rings. The first kappa shape index (κ1) is 7.45. The van der Waals surface area contributed by atoms with Gasteiger partial charge >= 0.3 is 0 Å². The molecule has 0 amide bonds. The van der Waals surface area contributed by atoms with Gasteiger partial charge in [-0.05, 0) is 12.5 Å². The third-order valence-corrected chi connectivity index (χ3v) is 1.98. The van der Waals surface area contributed by atoms with E-state index in [4.69, 9.17) is 4.74 Å². The smallest absolute Gasteiger partial charge is 0.179 e. The van der Waals surface area contributed by atoms with E-state index >= 15 is 0 Å². The van der Waals surface area contributed by atoms with Crippen LogP contribution in [0.15, 0.2) is 12.5 Å². The summed E-state index contributed by atoms with van der Waals surface area (Å²) in [5.41, 5.74) is 0. The van der Waals surface area contributed by atoms with Crippen molar-refractivity contribution in [3.8, 4) is 0 Å². The summed E-state index contributed by atoms with van der Waals surface area (Å²) in [7, 11) is 0. The Balaban J connectivity index is 2.33. The van der Waals surface area contributed by atoms with Crippen LogP contribution in [0.4, 0.5) is 0 Å². The highest BCUT2D eigenvalue weighted by Gasteiger charge is 2.18. The molecule has 58 valence electrons. The predicted octanol–water partition coefficient (Wildman–Crippen LogP) is 1.35. The standard InChI is InChI=1S/C8H15NO/c1-6(2)8-4-9-7(3)10-5-8/h6,8-9H,3-5H2,1-2H3. The van der Waals surface area contributed by atoms with Gasteiger partial charge in [-0.2, -0.15) is 0 Å². The maximum Gasteiger partial charge on any atom is 0.179 e. The molecule has 1 aliphatic rings. The summed E-state index contributed by atoms with van der Waals surface area (Å²) in [4.78, 5) is 0. The van der Waals surface area contributed by atoms with Crippen LogP contribution in [0.1, 0.15) is 13.8 Å². The Morgan fingerprint density at radius 1 is 1.70 bits per heavy atom. The van der Waals surface area contributed by atoms with Gasteiger partial charge in [0.1, 0.15) is 0 Å². The zero-order valence-corrected chi connectivity index (χ0v) is 6.68. The highest BCUT2D eigenvalue weighted by Crippen LogP contribution is 2.14. The first-order valence-corrected chi connectivity index (χ1v) is 3.75. The monoisotopic (exact) mass is 141 g/mol. The normalized spacial score (nSPS) is 25.9. The molecule has 1 heterocycles. The number of rotatable bonds is 1. The summed E-state index contributed by atoms with van der Waals surface area (Å²) in [6, 6.07) is 0. The molecule has 0 radical (unpaired) electrons. The molecule has 0 bridgehead atoms. The zero-order chi connectivity index (χ0) is 7.56. The van der Waals surface area contributed by atoms with Crippen LogP contribution in [0, 0.1) is 11.8 Å². The molecular formula is C8H15NO. The number of hydrogen-bond donors (Lipinski definition) is 1. The first-order chi connectivity index (χ1) is 4.70.